The molecule has 0 aliphatic heterocycles. The molecule has 0 saturated heterocycles. The summed E-state index contributed by atoms with van der Waals surface area (Å²) in [6.45, 7) is 1.95. The third-order valence-electron chi connectivity index (χ3n) is 2.34. The summed E-state index contributed by atoms with van der Waals surface area (Å²) in [5, 5.41) is 11.1. The van der Waals surface area contributed by atoms with Gasteiger partial charge in [0.2, 0.25) is 5.91 Å². The lowest BCUT2D eigenvalue weighted by atomic mass is 10.2. The largest absolute Gasteiger partial charge is 0.309 e. The summed E-state index contributed by atoms with van der Waals surface area (Å²) in [5.41, 5.74) is 0.827. The number of carbonyl (C=O) groups is 1. The Morgan fingerprint density at radius 1 is 1.59 bits per heavy atom. The highest BCUT2D eigenvalue weighted by atomic mass is 79.9. The van der Waals surface area contributed by atoms with Gasteiger partial charge in [0.1, 0.15) is 0 Å². The Hall–Kier alpha value is -1.07. The standard InChI is InChI=1S/C11H11BrClN3O/c1-2-3-10(17)14-11-6-4-8(13)7(12)5-9(6)15-16-11/h4-5H,2-3H2,1H3,(H2,14,15,16,17). The van der Waals surface area contributed by atoms with Crippen LogP contribution in [0.2, 0.25) is 5.02 Å². The number of amides is 1. The summed E-state index contributed by atoms with van der Waals surface area (Å²) in [5.74, 6) is 0.479. The summed E-state index contributed by atoms with van der Waals surface area (Å²) >= 11 is 9.35. The van der Waals surface area contributed by atoms with Crippen molar-refractivity contribution < 1.29 is 4.79 Å². The van der Waals surface area contributed by atoms with Crippen LogP contribution < -0.4 is 5.32 Å². The molecule has 0 saturated carbocycles. The number of hydrogen-bond acceptors (Lipinski definition) is 2. The number of fused-ring (bicyclic) bond motifs is 1. The molecule has 2 aromatic rings. The fourth-order valence-corrected chi connectivity index (χ4v) is 2.04. The van der Waals surface area contributed by atoms with Crippen LogP contribution in [0.4, 0.5) is 5.82 Å². The quantitative estimate of drug-likeness (QED) is 0.906. The smallest absolute Gasteiger partial charge is 0.225 e. The number of carbonyl (C=O) groups excluding carboxylic acids is 1. The van der Waals surface area contributed by atoms with Crippen molar-refractivity contribution in [3.05, 3.63) is 21.6 Å². The lowest BCUT2D eigenvalue weighted by Gasteiger charge is -2.01. The Kier molecular flexibility index (Phi) is 3.69. The molecule has 1 aromatic heterocycles. The predicted molar refractivity (Wildman–Crippen MR) is 72.3 cm³/mol. The summed E-state index contributed by atoms with van der Waals surface area (Å²) in [6.07, 6.45) is 1.29. The van der Waals surface area contributed by atoms with Crippen LogP contribution >= 0.6 is 27.5 Å². The topological polar surface area (TPSA) is 57.8 Å². The van der Waals surface area contributed by atoms with Gasteiger partial charge in [0.25, 0.3) is 0 Å². The van der Waals surface area contributed by atoms with Crippen molar-refractivity contribution >= 4 is 50.2 Å². The van der Waals surface area contributed by atoms with Crippen LogP contribution in [-0.4, -0.2) is 16.1 Å². The van der Waals surface area contributed by atoms with E-state index in [0.717, 1.165) is 21.8 Å². The van der Waals surface area contributed by atoms with Gasteiger partial charge in [-0.1, -0.05) is 18.5 Å². The number of rotatable bonds is 3. The van der Waals surface area contributed by atoms with Gasteiger partial charge >= 0.3 is 0 Å². The van der Waals surface area contributed by atoms with E-state index in [4.69, 9.17) is 11.6 Å². The van der Waals surface area contributed by atoms with Crippen LogP contribution in [0.1, 0.15) is 19.8 Å². The van der Waals surface area contributed by atoms with E-state index < -0.39 is 0 Å². The maximum absolute atomic E-state index is 11.5. The second-order valence-corrected chi connectivity index (χ2v) is 4.94. The van der Waals surface area contributed by atoms with Gasteiger partial charge in [-0.3, -0.25) is 9.89 Å². The Morgan fingerprint density at radius 3 is 3.06 bits per heavy atom. The van der Waals surface area contributed by atoms with E-state index in [0.29, 0.717) is 17.3 Å². The van der Waals surface area contributed by atoms with Crippen molar-refractivity contribution in [1.82, 2.24) is 10.2 Å². The third kappa shape index (κ3) is 2.61. The molecule has 0 aliphatic carbocycles. The van der Waals surface area contributed by atoms with Gasteiger partial charge in [0.05, 0.1) is 10.5 Å². The van der Waals surface area contributed by atoms with Crippen LogP contribution in [-0.2, 0) is 4.79 Å². The normalized spacial score (nSPS) is 10.8. The van der Waals surface area contributed by atoms with E-state index in [2.05, 4.69) is 31.4 Å². The number of halogens is 2. The Morgan fingerprint density at radius 2 is 2.35 bits per heavy atom. The molecular formula is C11H11BrClN3O. The lowest BCUT2D eigenvalue weighted by molar-refractivity contribution is -0.116. The number of nitrogens with zero attached hydrogens (tertiary/aromatic N) is 1. The van der Waals surface area contributed by atoms with Crippen molar-refractivity contribution in [2.24, 2.45) is 0 Å². The molecule has 1 aromatic carbocycles. The molecule has 0 bridgehead atoms. The maximum atomic E-state index is 11.5. The van der Waals surface area contributed by atoms with Gasteiger partial charge < -0.3 is 5.32 Å². The third-order valence-corrected chi connectivity index (χ3v) is 3.54. The molecule has 0 fully saturated rings. The average Bonchev–Trinajstić information content (AvgIpc) is 2.63. The molecule has 90 valence electrons. The van der Waals surface area contributed by atoms with Crippen molar-refractivity contribution in [3.8, 4) is 0 Å². The molecule has 0 radical (unpaired) electrons. The molecule has 6 heteroatoms. The summed E-state index contributed by atoms with van der Waals surface area (Å²) in [4.78, 5) is 11.5. The van der Waals surface area contributed by atoms with E-state index in [1.165, 1.54) is 0 Å². The van der Waals surface area contributed by atoms with Crippen molar-refractivity contribution in [3.63, 3.8) is 0 Å². The number of nitrogens with one attached hydrogen (secondary N) is 2. The predicted octanol–water partition coefficient (Wildman–Crippen LogP) is 3.72. The van der Waals surface area contributed by atoms with E-state index in [1.54, 1.807) is 6.07 Å². The number of hydrogen-bond donors (Lipinski definition) is 2. The van der Waals surface area contributed by atoms with Gasteiger partial charge in [0.15, 0.2) is 5.82 Å². The van der Waals surface area contributed by atoms with Crippen molar-refractivity contribution in [2.45, 2.75) is 19.8 Å². The molecule has 1 amide bonds. The van der Waals surface area contributed by atoms with Crippen LogP contribution in [0.3, 0.4) is 0 Å². The van der Waals surface area contributed by atoms with Crippen molar-refractivity contribution in [1.29, 1.82) is 0 Å². The fraction of sp³-hybridized carbons (Fsp3) is 0.273. The van der Waals surface area contributed by atoms with Crippen LogP contribution in [0.25, 0.3) is 10.9 Å². The van der Waals surface area contributed by atoms with Gasteiger partial charge in [-0.15, -0.1) is 0 Å². The number of anilines is 1. The Labute approximate surface area is 112 Å². The second kappa shape index (κ2) is 5.06. The zero-order valence-electron chi connectivity index (χ0n) is 9.18. The Balaban J connectivity index is 2.36. The van der Waals surface area contributed by atoms with E-state index in [1.807, 2.05) is 13.0 Å². The minimum Gasteiger partial charge on any atom is -0.309 e. The van der Waals surface area contributed by atoms with Gasteiger partial charge in [-0.05, 0) is 34.5 Å². The number of benzene rings is 1. The number of aromatic amines is 1. The van der Waals surface area contributed by atoms with Crippen LogP contribution in [0.5, 0.6) is 0 Å². The minimum atomic E-state index is -0.0417. The lowest BCUT2D eigenvalue weighted by Crippen LogP contribution is -2.11. The fourth-order valence-electron chi connectivity index (χ4n) is 1.53. The molecular weight excluding hydrogens is 305 g/mol. The zero-order valence-corrected chi connectivity index (χ0v) is 11.5. The molecule has 1 heterocycles. The Bertz CT molecular complexity index is 567. The van der Waals surface area contributed by atoms with E-state index >= 15 is 0 Å². The van der Waals surface area contributed by atoms with Gasteiger partial charge in [-0.2, -0.15) is 5.10 Å². The molecule has 2 rings (SSSR count). The molecule has 4 nitrogen and oxygen atoms in total. The van der Waals surface area contributed by atoms with E-state index in [9.17, 15) is 4.79 Å². The first-order chi connectivity index (χ1) is 8.11. The first kappa shape index (κ1) is 12.4. The van der Waals surface area contributed by atoms with E-state index in [-0.39, 0.29) is 5.91 Å². The minimum absolute atomic E-state index is 0.0417. The highest BCUT2D eigenvalue weighted by molar-refractivity contribution is 9.10. The second-order valence-electron chi connectivity index (χ2n) is 3.68. The van der Waals surface area contributed by atoms with Gasteiger partial charge in [0, 0.05) is 16.3 Å². The van der Waals surface area contributed by atoms with Crippen LogP contribution in [0.15, 0.2) is 16.6 Å². The first-order valence-electron chi connectivity index (χ1n) is 5.24. The SMILES string of the molecule is CCCC(=O)Nc1n[nH]c2cc(Br)c(Cl)cc12. The molecule has 0 aliphatic rings. The van der Waals surface area contributed by atoms with Gasteiger partial charge in [-0.25, -0.2) is 0 Å². The maximum Gasteiger partial charge on any atom is 0.225 e. The first-order valence-corrected chi connectivity index (χ1v) is 6.42. The average molecular weight is 317 g/mol. The number of aromatic nitrogens is 2. The summed E-state index contributed by atoms with van der Waals surface area (Å²) in [7, 11) is 0. The van der Waals surface area contributed by atoms with Crippen molar-refractivity contribution in [2.75, 3.05) is 5.32 Å². The molecule has 2 N–H and O–H groups in total. The molecule has 0 unspecified atom stereocenters. The number of H-pyrrole nitrogens is 1. The highest BCUT2D eigenvalue weighted by Crippen LogP contribution is 2.30. The zero-order chi connectivity index (χ0) is 12.4. The molecule has 17 heavy (non-hydrogen) atoms. The highest BCUT2D eigenvalue weighted by Gasteiger charge is 2.10. The van der Waals surface area contributed by atoms with Crippen LogP contribution in [0, 0.1) is 0 Å². The summed E-state index contributed by atoms with van der Waals surface area (Å²) < 4.78 is 0.793. The monoisotopic (exact) mass is 315 g/mol. The molecule has 0 atom stereocenters. The molecule has 0 spiro atoms. The summed E-state index contributed by atoms with van der Waals surface area (Å²) in [6, 6.07) is 3.60.